The molecule has 1 saturated heterocycles. The molecular formula is C22H23N5O2S. The van der Waals surface area contributed by atoms with Crippen LogP contribution in [0.5, 0.6) is 0 Å². The molecule has 1 fully saturated rings. The maximum absolute atomic E-state index is 13.3. The zero-order chi connectivity index (χ0) is 20.8. The molecule has 3 aromatic rings. The largest absolute Gasteiger partial charge is 0.356 e. The Balaban J connectivity index is 1.35. The van der Waals surface area contributed by atoms with E-state index < -0.39 is 0 Å². The second kappa shape index (κ2) is 7.36. The van der Waals surface area contributed by atoms with Gasteiger partial charge in [0.25, 0.3) is 0 Å². The summed E-state index contributed by atoms with van der Waals surface area (Å²) in [5.41, 5.74) is 2.72. The molecule has 0 saturated carbocycles. The van der Waals surface area contributed by atoms with Crippen LogP contribution in [0.15, 0.2) is 30.6 Å². The summed E-state index contributed by atoms with van der Waals surface area (Å²) in [4.78, 5) is 40.6. The minimum absolute atomic E-state index is 0.0346. The molecule has 7 nitrogen and oxygen atoms in total. The van der Waals surface area contributed by atoms with Gasteiger partial charge in [-0.1, -0.05) is 12.1 Å². The normalized spacial score (nSPS) is 17.2. The zero-order valence-electron chi connectivity index (χ0n) is 17.0. The van der Waals surface area contributed by atoms with Crippen LogP contribution in [0.3, 0.4) is 0 Å². The van der Waals surface area contributed by atoms with Gasteiger partial charge in [0.05, 0.1) is 16.8 Å². The number of thiophene rings is 1. The van der Waals surface area contributed by atoms with Crippen LogP contribution in [0.2, 0.25) is 0 Å². The quantitative estimate of drug-likeness (QED) is 0.685. The van der Waals surface area contributed by atoms with E-state index in [9.17, 15) is 9.59 Å². The summed E-state index contributed by atoms with van der Waals surface area (Å²) in [5.74, 6) is 0.761. The lowest BCUT2D eigenvalue weighted by molar-refractivity contribution is -0.125. The molecule has 154 valence electrons. The number of aromatic nitrogens is 2. The van der Waals surface area contributed by atoms with E-state index in [2.05, 4.69) is 34.0 Å². The number of benzene rings is 1. The summed E-state index contributed by atoms with van der Waals surface area (Å²) in [6.07, 6.45) is 3.12. The highest BCUT2D eigenvalue weighted by atomic mass is 32.1. The third-order valence-electron chi connectivity index (χ3n) is 6.13. The minimum atomic E-state index is -0.147. The first-order valence-electron chi connectivity index (χ1n) is 10.2. The summed E-state index contributed by atoms with van der Waals surface area (Å²) >= 11 is 1.70. The van der Waals surface area contributed by atoms with Gasteiger partial charge in [-0.2, -0.15) is 0 Å². The molecule has 1 N–H and O–H groups in total. The van der Waals surface area contributed by atoms with Crippen molar-refractivity contribution in [3.63, 3.8) is 0 Å². The molecule has 8 heteroatoms. The Morgan fingerprint density at radius 2 is 1.93 bits per heavy atom. The van der Waals surface area contributed by atoms with Gasteiger partial charge in [0.1, 0.15) is 23.5 Å². The van der Waals surface area contributed by atoms with Crippen LogP contribution in [-0.4, -0.2) is 41.4 Å². The van der Waals surface area contributed by atoms with Crippen LogP contribution in [0.1, 0.15) is 23.3 Å². The Hall–Kier alpha value is -3.00. The van der Waals surface area contributed by atoms with Crippen molar-refractivity contribution in [2.75, 3.05) is 34.8 Å². The monoisotopic (exact) mass is 421 g/mol. The number of amides is 2. The second-order valence-electron chi connectivity index (χ2n) is 7.91. The predicted molar refractivity (Wildman–Crippen MR) is 119 cm³/mol. The number of hydrogen-bond donors (Lipinski definition) is 1. The zero-order valence-corrected chi connectivity index (χ0v) is 17.8. The highest BCUT2D eigenvalue weighted by Crippen LogP contribution is 2.36. The van der Waals surface area contributed by atoms with E-state index in [4.69, 9.17) is 0 Å². The number of nitrogens with zero attached hydrogens (tertiary/aromatic N) is 4. The van der Waals surface area contributed by atoms with Crippen LogP contribution in [-0.2, 0) is 9.59 Å². The number of nitrogens with one attached hydrogen (secondary N) is 1. The van der Waals surface area contributed by atoms with Gasteiger partial charge in [-0.25, -0.2) is 9.97 Å². The van der Waals surface area contributed by atoms with Crippen LogP contribution < -0.4 is 15.1 Å². The molecule has 0 aliphatic carbocycles. The van der Waals surface area contributed by atoms with Gasteiger partial charge in [0, 0.05) is 23.9 Å². The lowest BCUT2D eigenvalue weighted by Gasteiger charge is -2.36. The number of para-hydroxylation sites is 2. The topological polar surface area (TPSA) is 78.4 Å². The van der Waals surface area contributed by atoms with Crippen molar-refractivity contribution in [3.05, 3.63) is 41.0 Å². The third-order valence-corrected chi connectivity index (χ3v) is 7.24. The van der Waals surface area contributed by atoms with Crippen molar-refractivity contribution in [2.24, 2.45) is 5.92 Å². The van der Waals surface area contributed by atoms with E-state index in [1.54, 1.807) is 22.6 Å². The lowest BCUT2D eigenvalue weighted by atomic mass is 9.94. The van der Waals surface area contributed by atoms with E-state index in [1.165, 1.54) is 10.4 Å². The maximum Gasteiger partial charge on any atom is 0.244 e. The Morgan fingerprint density at radius 3 is 2.73 bits per heavy atom. The van der Waals surface area contributed by atoms with Gasteiger partial charge in [-0.05, 0) is 44.4 Å². The number of hydrogen-bond acceptors (Lipinski definition) is 6. The van der Waals surface area contributed by atoms with Crippen molar-refractivity contribution < 1.29 is 9.59 Å². The van der Waals surface area contributed by atoms with Crippen molar-refractivity contribution in [2.45, 2.75) is 26.7 Å². The smallest absolute Gasteiger partial charge is 0.244 e. The Kier molecular flexibility index (Phi) is 4.66. The Morgan fingerprint density at radius 1 is 1.17 bits per heavy atom. The first-order chi connectivity index (χ1) is 14.5. The van der Waals surface area contributed by atoms with Gasteiger partial charge in [0.2, 0.25) is 11.8 Å². The van der Waals surface area contributed by atoms with Crippen LogP contribution in [0, 0.1) is 19.8 Å². The molecular weight excluding hydrogens is 398 g/mol. The first-order valence-corrected chi connectivity index (χ1v) is 11.0. The number of fused-ring (bicyclic) bond motifs is 2. The molecule has 1 aromatic carbocycles. The van der Waals surface area contributed by atoms with Crippen LogP contribution >= 0.6 is 11.3 Å². The van der Waals surface area contributed by atoms with E-state index in [0.717, 1.165) is 47.7 Å². The number of piperidine rings is 1. The van der Waals surface area contributed by atoms with E-state index in [0.29, 0.717) is 5.69 Å². The molecule has 4 heterocycles. The first kappa shape index (κ1) is 19.0. The highest BCUT2D eigenvalue weighted by Gasteiger charge is 2.34. The molecule has 5 rings (SSSR count). The lowest BCUT2D eigenvalue weighted by Crippen LogP contribution is -2.47. The average Bonchev–Trinajstić information content (AvgIpc) is 3.06. The molecule has 30 heavy (non-hydrogen) atoms. The van der Waals surface area contributed by atoms with Gasteiger partial charge >= 0.3 is 0 Å². The third kappa shape index (κ3) is 3.11. The Labute approximate surface area is 178 Å². The van der Waals surface area contributed by atoms with Gasteiger partial charge in [-0.15, -0.1) is 11.3 Å². The number of anilines is 3. The van der Waals surface area contributed by atoms with Crippen LogP contribution in [0.4, 0.5) is 17.2 Å². The van der Waals surface area contributed by atoms with Crippen molar-refractivity contribution in [3.8, 4) is 0 Å². The van der Waals surface area contributed by atoms with Crippen molar-refractivity contribution in [1.82, 2.24) is 9.97 Å². The molecule has 2 amide bonds. The molecule has 0 atom stereocenters. The SMILES string of the molecule is Cc1sc2ncnc(N3CCC(C(=O)N4CC(=O)Nc5ccccc54)CC3)c2c1C. The molecule has 2 aliphatic rings. The van der Waals surface area contributed by atoms with E-state index >= 15 is 0 Å². The second-order valence-corrected chi connectivity index (χ2v) is 9.11. The molecule has 0 bridgehead atoms. The molecule has 2 aliphatic heterocycles. The van der Waals surface area contributed by atoms with Crippen molar-refractivity contribution in [1.29, 1.82) is 0 Å². The van der Waals surface area contributed by atoms with Gasteiger partial charge in [0.15, 0.2) is 0 Å². The average molecular weight is 422 g/mol. The van der Waals surface area contributed by atoms with Gasteiger partial charge in [-0.3, -0.25) is 9.59 Å². The van der Waals surface area contributed by atoms with Crippen molar-refractivity contribution >= 4 is 50.6 Å². The number of aryl methyl sites for hydroxylation is 2. The number of rotatable bonds is 2. The Bertz CT molecular complexity index is 1150. The standard InChI is InChI=1S/C22H23N5O2S/c1-13-14(2)30-21-19(13)20(23-12-24-21)26-9-7-15(8-10-26)22(29)27-11-18(28)25-16-5-3-4-6-17(16)27/h3-6,12,15H,7-11H2,1-2H3,(H,25,28). The van der Waals surface area contributed by atoms with Gasteiger partial charge < -0.3 is 15.1 Å². The van der Waals surface area contributed by atoms with Crippen LogP contribution in [0.25, 0.3) is 10.2 Å². The number of carbonyl (C=O) groups excluding carboxylic acids is 2. The summed E-state index contributed by atoms with van der Waals surface area (Å²) in [6, 6.07) is 7.48. The summed E-state index contributed by atoms with van der Waals surface area (Å²) < 4.78 is 0. The minimum Gasteiger partial charge on any atom is -0.356 e. The fraction of sp³-hybridized carbons (Fsp3) is 0.364. The molecule has 0 spiro atoms. The number of carbonyl (C=O) groups is 2. The van der Waals surface area contributed by atoms with E-state index in [-0.39, 0.29) is 24.3 Å². The fourth-order valence-corrected chi connectivity index (χ4v) is 5.38. The maximum atomic E-state index is 13.3. The predicted octanol–water partition coefficient (Wildman–Crippen LogP) is 3.51. The fourth-order valence-electron chi connectivity index (χ4n) is 4.39. The highest BCUT2D eigenvalue weighted by molar-refractivity contribution is 7.18. The molecule has 0 unspecified atom stereocenters. The summed E-state index contributed by atoms with van der Waals surface area (Å²) in [7, 11) is 0. The summed E-state index contributed by atoms with van der Waals surface area (Å²) in [5, 5.41) is 3.98. The molecule has 2 aromatic heterocycles. The summed E-state index contributed by atoms with van der Waals surface area (Å²) in [6.45, 7) is 5.84. The molecule has 0 radical (unpaired) electrons. The van der Waals surface area contributed by atoms with E-state index in [1.807, 2.05) is 24.3 Å².